The summed E-state index contributed by atoms with van der Waals surface area (Å²) < 4.78 is 23.7. The summed E-state index contributed by atoms with van der Waals surface area (Å²) in [6, 6.07) is 1.30. The van der Waals surface area contributed by atoms with Gasteiger partial charge in [0.15, 0.2) is 16.5 Å². The number of hydrogen-bond acceptors (Lipinski definition) is 6. The summed E-state index contributed by atoms with van der Waals surface area (Å²) in [6.45, 7) is 1.72. The van der Waals surface area contributed by atoms with Crippen LogP contribution in [0.2, 0.25) is 0 Å². The maximum absolute atomic E-state index is 11.2. The summed E-state index contributed by atoms with van der Waals surface area (Å²) in [7, 11) is -3.84. The lowest BCUT2D eigenvalue weighted by Crippen LogP contribution is -2.13. The molecular formula is C9H9N7O2S. The summed E-state index contributed by atoms with van der Waals surface area (Å²) in [5.41, 5.74) is 0.551. The SMILES string of the molecule is Cc1nc(-n2ccc(S(N)(=O)=O)n2)c2cn[nH]c2n1. The lowest BCUT2D eigenvalue weighted by Gasteiger charge is -2.02. The number of aromatic nitrogens is 6. The highest BCUT2D eigenvalue weighted by Crippen LogP contribution is 2.17. The minimum Gasteiger partial charge on any atom is -0.261 e. The number of aryl methyl sites for hydroxylation is 1. The third kappa shape index (κ3) is 1.96. The van der Waals surface area contributed by atoms with Gasteiger partial charge in [0.25, 0.3) is 10.0 Å². The van der Waals surface area contributed by atoms with Crippen LogP contribution < -0.4 is 5.14 Å². The zero-order chi connectivity index (χ0) is 13.6. The van der Waals surface area contributed by atoms with Crippen LogP contribution >= 0.6 is 0 Å². The summed E-state index contributed by atoms with van der Waals surface area (Å²) in [5.74, 6) is 0.950. The maximum Gasteiger partial charge on any atom is 0.257 e. The van der Waals surface area contributed by atoms with E-state index in [1.54, 1.807) is 13.1 Å². The Balaban J connectivity index is 2.24. The van der Waals surface area contributed by atoms with Gasteiger partial charge in [0.1, 0.15) is 5.82 Å². The largest absolute Gasteiger partial charge is 0.261 e. The number of nitrogens with two attached hydrogens (primary N) is 1. The highest BCUT2D eigenvalue weighted by atomic mass is 32.2. The van der Waals surface area contributed by atoms with E-state index in [-0.39, 0.29) is 5.03 Å². The molecule has 9 nitrogen and oxygen atoms in total. The van der Waals surface area contributed by atoms with Crippen molar-refractivity contribution in [2.45, 2.75) is 11.9 Å². The van der Waals surface area contributed by atoms with Crippen LogP contribution in [0.25, 0.3) is 16.9 Å². The van der Waals surface area contributed by atoms with Crippen LogP contribution in [0.5, 0.6) is 0 Å². The average molecular weight is 279 g/mol. The van der Waals surface area contributed by atoms with E-state index in [1.165, 1.54) is 16.9 Å². The molecule has 19 heavy (non-hydrogen) atoms. The van der Waals surface area contributed by atoms with Crippen LogP contribution in [0.4, 0.5) is 0 Å². The summed E-state index contributed by atoms with van der Waals surface area (Å²) >= 11 is 0. The van der Waals surface area contributed by atoms with E-state index < -0.39 is 10.0 Å². The molecular weight excluding hydrogens is 270 g/mol. The van der Waals surface area contributed by atoms with Gasteiger partial charge in [0.2, 0.25) is 0 Å². The van der Waals surface area contributed by atoms with Crippen molar-refractivity contribution in [3.05, 3.63) is 24.3 Å². The number of hydrogen-bond donors (Lipinski definition) is 2. The molecule has 3 N–H and O–H groups in total. The quantitative estimate of drug-likeness (QED) is 0.649. The molecule has 0 bridgehead atoms. The Kier molecular flexibility index (Phi) is 2.37. The van der Waals surface area contributed by atoms with E-state index in [2.05, 4.69) is 25.3 Å². The lowest BCUT2D eigenvalue weighted by atomic mass is 10.4. The number of rotatable bonds is 2. The van der Waals surface area contributed by atoms with E-state index in [9.17, 15) is 8.42 Å². The molecule has 0 amide bonds. The molecule has 0 aliphatic heterocycles. The van der Waals surface area contributed by atoms with Crippen molar-refractivity contribution >= 4 is 21.1 Å². The number of sulfonamides is 1. The highest BCUT2D eigenvalue weighted by molar-refractivity contribution is 7.89. The van der Waals surface area contributed by atoms with Crippen LogP contribution in [0.3, 0.4) is 0 Å². The number of fused-ring (bicyclic) bond motifs is 1. The number of aromatic amines is 1. The Hall–Kier alpha value is -2.33. The van der Waals surface area contributed by atoms with E-state index in [1.807, 2.05) is 0 Å². The van der Waals surface area contributed by atoms with Crippen LogP contribution in [-0.2, 0) is 10.0 Å². The summed E-state index contributed by atoms with van der Waals surface area (Å²) in [6.07, 6.45) is 3.01. The van der Waals surface area contributed by atoms with Gasteiger partial charge in [-0.15, -0.1) is 0 Å². The van der Waals surface area contributed by atoms with Crippen molar-refractivity contribution in [3.63, 3.8) is 0 Å². The van der Waals surface area contributed by atoms with Crippen molar-refractivity contribution in [1.29, 1.82) is 0 Å². The van der Waals surface area contributed by atoms with Crippen LogP contribution in [0.1, 0.15) is 5.82 Å². The second-order valence-corrected chi connectivity index (χ2v) is 5.38. The first kappa shape index (κ1) is 11.7. The van der Waals surface area contributed by atoms with Crippen LogP contribution in [0.15, 0.2) is 23.5 Å². The van der Waals surface area contributed by atoms with Crippen molar-refractivity contribution in [1.82, 2.24) is 29.9 Å². The van der Waals surface area contributed by atoms with Gasteiger partial charge < -0.3 is 0 Å². The predicted octanol–water partition coefficient (Wildman–Crippen LogP) is -0.506. The number of nitrogens with one attached hydrogen (secondary N) is 1. The Morgan fingerprint density at radius 2 is 2.16 bits per heavy atom. The Morgan fingerprint density at radius 1 is 1.37 bits per heavy atom. The molecule has 3 aromatic rings. The molecule has 3 heterocycles. The first-order valence-electron chi connectivity index (χ1n) is 5.22. The molecule has 0 aliphatic carbocycles. The molecule has 0 fully saturated rings. The zero-order valence-electron chi connectivity index (χ0n) is 9.77. The second-order valence-electron chi connectivity index (χ2n) is 3.87. The fourth-order valence-corrected chi connectivity index (χ4v) is 2.13. The molecule has 3 rings (SSSR count). The van der Waals surface area contributed by atoms with Gasteiger partial charge >= 0.3 is 0 Å². The first-order valence-corrected chi connectivity index (χ1v) is 6.76. The number of primary sulfonamides is 1. The van der Waals surface area contributed by atoms with Gasteiger partial charge in [-0.25, -0.2) is 28.2 Å². The predicted molar refractivity (Wildman–Crippen MR) is 64.9 cm³/mol. The number of H-pyrrole nitrogens is 1. The standard InChI is InChI=1S/C9H9N7O2S/c1-5-12-8-6(4-11-14-8)9(13-5)16-3-2-7(15-16)19(10,17)18/h2-4H,1H3,(H2,10,17,18)(H,11,12,13,14). The van der Waals surface area contributed by atoms with Gasteiger partial charge in [0.05, 0.1) is 11.6 Å². The highest BCUT2D eigenvalue weighted by Gasteiger charge is 2.15. The Labute approximate surface area is 107 Å². The van der Waals surface area contributed by atoms with Crippen molar-refractivity contribution in [2.24, 2.45) is 5.14 Å². The zero-order valence-corrected chi connectivity index (χ0v) is 10.6. The molecule has 0 saturated carbocycles. The minimum atomic E-state index is -3.84. The fraction of sp³-hybridized carbons (Fsp3) is 0.111. The normalized spacial score (nSPS) is 12.1. The van der Waals surface area contributed by atoms with E-state index >= 15 is 0 Å². The molecule has 0 radical (unpaired) electrons. The van der Waals surface area contributed by atoms with Crippen molar-refractivity contribution in [3.8, 4) is 5.82 Å². The summed E-state index contributed by atoms with van der Waals surface area (Å²) in [5, 5.41) is 15.9. The number of nitrogens with zero attached hydrogens (tertiary/aromatic N) is 5. The van der Waals surface area contributed by atoms with E-state index in [0.717, 1.165) is 0 Å². The molecule has 0 aromatic carbocycles. The fourth-order valence-electron chi connectivity index (χ4n) is 1.68. The first-order chi connectivity index (χ1) is 8.95. The second kappa shape index (κ2) is 3.83. The van der Waals surface area contributed by atoms with Crippen molar-refractivity contribution < 1.29 is 8.42 Å². The molecule has 0 spiro atoms. The third-order valence-corrected chi connectivity index (χ3v) is 3.28. The smallest absolute Gasteiger partial charge is 0.257 e. The molecule has 10 heteroatoms. The molecule has 0 atom stereocenters. The lowest BCUT2D eigenvalue weighted by molar-refractivity contribution is 0.592. The topological polar surface area (TPSA) is 132 Å². The van der Waals surface area contributed by atoms with Gasteiger partial charge in [-0.3, -0.25) is 5.10 Å². The van der Waals surface area contributed by atoms with Crippen LogP contribution in [0, 0.1) is 6.92 Å². The Bertz CT molecular complexity index is 864. The van der Waals surface area contributed by atoms with Crippen LogP contribution in [-0.4, -0.2) is 38.4 Å². The van der Waals surface area contributed by atoms with E-state index in [0.29, 0.717) is 22.7 Å². The average Bonchev–Trinajstić information content (AvgIpc) is 2.94. The summed E-state index contributed by atoms with van der Waals surface area (Å²) in [4.78, 5) is 8.40. The van der Waals surface area contributed by atoms with Gasteiger partial charge in [-0.2, -0.15) is 10.2 Å². The maximum atomic E-state index is 11.2. The molecule has 3 aromatic heterocycles. The van der Waals surface area contributed by atoms with E-state index in [4.69, 9.17) is 5.14 Å². The molecule has 0 unspecified atom stereocenters. The third-order valence-electron chi connectivity index (χ3n) is 2.47. The monoisotopic (exact) mass is 279 g/mol. The van der Waals surface area contributed by atoms with Crippen molar-refractivity contribution in [2.75, 3.05) is 0 Å². The Morgan fingerprint density at radius 3 is 2.84 bits per heavy atom. The molecule has 0 aliphatic rings. The molecule has 98 valence electrons. The van der Waals surface area contributed by atoms with Gasteiger partial charge in [-0.1, -0.05) is 0 Å². The van der Waals surface area contributed by atoms with Gasteiger partial charge in [-0.05, 0) is 13.0 Å². The molecule has 0 saturated heterocycles. The minimum absolute atomic E-state index is 0.222. The van der Waals surface area contributed by atoms with Gasteiger partial charge in [0, 0.05) is 6.20 Å².